The van der Waals surface area contributed by atoms with Crippen LogP contribution in [0.2, 0.25) is 0 Å². The molecule has 0 spiro atoms. The van der Waals surface area contributed by atoms with Gasteiger partial charge in [0.05, 0.1) is 0 Å². The van der Waals surface area contributed by atoms with Crippen molar-refractivity contribution >= 4 is 12.4 Å². The summed E-state index contributed by atoms with van der Waals surface area (Å²) in [4.78, 5) is 10.9. The SMILES string of the molecule is CC(C)(C)Oc1cc(C=O)cc(/C=C/C2CC2)c1. The molecule has 0 radical (unpaired) electrons. The molecule has 0 aliphatic heterocycles. The van der Waals surface area contributed by atoms with Gasteiger partial charge < -0.3 is 4.74 Å². The molecule has 96 valence electrons. The van der Waals surface area contributed by atoms with Gasteiger partial charge in [-0.15, -0.1) is 0 Å². The van der Waals surface area contributed by atoms with Crippen molar-refractivity contribution < 1.29 is 9.53 Å². The van der Waals surface area contributed by atoms with Crippen molar-refractivity contribution in [2.45, 2.75) is 39.2 Å². The number of carbonyl (C=O) groups excluding carboxylic acids is 1. The van der Waals surface area contributed by atoms with E-state index >= 15 is 0 Å². The first kappa shape index (κ1) is 12.9. The van der Waals surface area contributed by atoms with Crippen LogP contribution in [0.5, 0.6) is 5.75 Å². The van der Waals surface area contributed by atoms with Crippen molar-refractivity contribution in [2.75, 3.05) is 0 Å². The van der Waals surface area contributed by atoms with Gasteiger partial charge in [-0.1, -0.05) is 12.2 Å². The Hall–Kier alpha value is -1.57. The summed E-state index contributed by atoms with van der Waals surface area (Å²) in [5, 5.41) is 0. The van der Waals surface area contributed by atoms with E-state index in [-0.39, 0.29) is 5.60 Å². The van der Waals surface area contributed by atoms with Crippen LogP contribution in [0.25, 0.3) is 6.08 Å². The third kappa shape index (κ3) is 4.02. The van der Waals surface area contributed by atoms with Crippen molar-refractivity contribution in [2.24, 2.45) is 5.92 Å². The Morgan fingerprint density at radius 3 is 2.39 bits per heavy atom. The van der Waals surface area contributed by atoms with Crippen LogP contribution in [0.15, 0.2) is 24.3 Å². The maximum Gasteiger partial charge on any atom is 0.150 e. The Balaban J connectivity index is 2.23. The molecule has 0 N–H and O–H groups in total. The molecule has 0 heterocycles. The first-order valence-electron chi connectivity index (χ1n) is 6.44. The highest BCUT2D eigenvalue weighted by atomic mass is 16.5. The average Bonchev–Trinajstić information content (AvgIpc) is 3.07. The van der Waals surface area contributed by atoms with Gasteiger partial charge in [0.1, 0.15) is 17.6 Å². The summed E-state index contributed by atoms with van der Waals surface area (Å²) >= 11 is 0. The minimum absolute atomic E-state index is 0.251. The zero-order chi connectivity index (χ0) is 13.2. The first-order chi connectivity index (χ1) is 8.46. The Kier molecular flexibility index (Phi) is 3.55. The summed E-state index contributed by atoms with van der Waals surface area (Å²) in [6.07, 6.45) is 7.74. The van der Waals surface area contributed by atoms with Crippen LogP contribution in [0.4, 0.5) is 0 Å². The summed E-state index contributed by atoms with van der Waals surface area (Å²) in [5.41, 5.74) is 1.44. The topological polar surface area (TPSA) is 26.3 Å². The monoisotopic (exact) mass is 244 g/mol. The number of benzene rings is 1. The van der Waals surface area contributed by atoms with E-state index in [0.29, 0.717) is 5.56 Å². The van der Waals surface area contributed by atoms with Crippen molar-refractivity contribution in [3.8, 4) is 5.75 Å². The third-order valence-corrected chi connectivity index (χ3v) is 2.69. The molecular formula is C16H20O2. The van der Waals surface area contributed by atoms with Crippen molar-refractivity contribution in [1.82, 2.24) is 0 Å². The van der Waals surface area contributed by atoms with Crippen LogP contribution in [0, 0.1) is 5.92 Å². The second-order valence-electron chi connectivity index (χ2n) is 5.86. The quantitative estimate of drug-likeness (QED) is 0.745. The Morgan fingerprint density at radius 2 is 1.83 bits per heavy atom. The maximum absolute atomic E-state index is 10.9. The predicted molar refractivity (Wildman–Crippen MR) is 74.0 cm³/mol. The molecule has 18 heavy (non-hydrogen) atoms. The van der Waals surface area contributed by atoms with E-state index in [9.17, 15) is 4.79 Å². The lowest BCUT2D eigenvalue weighted by Crippen LogP contribution is -2.23. The number of ether oxygens (including phenoxy) is 1. The summed E-state index contributed by atoms with van der Waals surface area (Å²) in [6, 6.07) is 5.66. The minimum atomic E-state index is -0.251. The summed E-state index contributed by atoms with van der Waals surface area (Å²) in [5.74, 6) is 1.49. The van der Waals surface area contributed by atoms with E-state index in [2.05, 4.69) is 12.2 Å². The second kappa shape index (κ2) is 4.97. The number of rotatable bonds is 4. The van der Waals surface area contributed by atoms with Crippen LogP contribution in [0.3, 0.4) is 0 Å². The number of carbonyl (C=O) groups is 1. The number of aldehydes is 1. The van der Waals surface area contributed by atoms with Gasteiger partial charge >= 0.3 is 0 Å². The molecule has 0 amide bonds. The Bertz CT molecular complexity index is 462. The number of hydrogen-bond donors (Lipinski definition) is 0. The lowest BCUT2D eigenvalue weighted by molar-refractivity contribution is 0.111. The molecule has 0 bridgehead atoms. The molecule has 2 nitrogen and oxygen atoms in total. The molecule has 0 aromatic heterocycles. The van der Waals surface area contributed by atoms with Gasteiger partial charge in [0.2, 0.25) is 0 Å². The van der Waals surface area contributed by atoms with Crippen LogP contribution in [-0.4, -0.2) is 11.9 Å². The average molecular weight is 244 g/mol. The van der Waals surface area contributed by atoms with E-state index in [1.54, 1.807) is 6.07 Å². The van der Waals surface area contributed by atoms with E-state index < -0.39 is 0 Å². The summed E-state index contributed by atoms with van der Waals surface area (Å²) in [7, 11) is 0. The molecule has 1 fully saturated rings. The standard InChI is InChI=1S/C16H20O2/c1-16(2,3)18-15-9-13(7-6-12-4-5-12)8-14(10-15)11-17/h6-12H,4-5H2,1-3H3/b7-6+. The Morgan fingerprint density at radius 1 is 1.17 bits per heavy atom. The number of hydrogen-bond acceptors (Lipinski definition) is 2. The van der Waals surface area contributed by atoms with Crippen LogP contribution < -0.4 is 4.74 Å². The zero-order valence-electron chi connectivity index (χ0n) is 11.3. The van der Waals surface area contributed by atoms with Gasteiger partial charge in [0.15, 0.2) is 0 Å². The predicted octanol–water partition coefficient (Wildman–Crippen LogP) is 4.10. The summed E-state index contributed by atoms with van der Waals surface area (Å²) < 4.78 is 5.81. The van der Waals surface area contributed by atoms with E-state index in [1.165, 1.54) is 12.8 Å². The first-order valence-corrected chi connectivity index (χ1v) is 6.44. The van der Waals surface area contributed by atoms with E-state index in [0.717, 1.165) is 23.5 Å². The molecule has 1 aromatic rings. The largest absolute Gasteiger partial charge is 0.488 e. The fraction of sp³-hybridized carbons (Fsp3) is 0.438. The lowest BCUT2D eigenvalue weighted by atomic mass is 10.1. The second-order valence-corrected chi connectivity index (χ2v) is 5.86. The van der Waals surface area contributed by atoms with Crippen LogP contribution >= 0.6 is 0 Å². The normalized spacial score (nSPS) is 15.9. The van der Waals surface area contributed by atoms with E-state index in [4.69, 9.17) is 4.74 Å². The molecule has 2 heteroatoms. The summed E-state index contributed by atoms with van der Waals surface area (Å²) in [6.45, 7) is 6.00. The zero-order valence-corrected chi connectivity index (χ0v) is 11.3. The highest BCUT2D eigenvalue weighted by molar-refractivity contribution is 5.77. The van der Waals surface area contributed by atoms with Crippen molar-refractivity contribution in [3.05, 3.63) is 35.4 Å². The molecule has 0 unspecified atom stereocenters. The van der Waals surface area contributed by atoms with Gasteiger partial charge in [-0.05, 0) is 63.3 Å². The van der Waals surface area contributed by atoms with Gasteiger partial charge in [-0.25, -0.2) is 0 Å². The minimum Gasteiger partial charge on any atom is -0.488 e. The van der Waals surface area contributed by atoms with Gasteiger partial charge in [0.25, 0.3) is 0 Å². The molecule has 1 saturated carbocycles. The van der Waals surface area contributed by atoms with Crippen molar-refractivity contribution in [1.29, 1.82) is 0 Å². The molecule has 0 atom stereocenters. The fourth-order valence-electron chi connectivity index (χ4n) is 1.76. The van der Waals surface area contributed by atoms with E-state index in [1.807, 2.05) is 32.9 Å². The van der Waals surface area contributed by atoms with Gasteiger partial charge in [-0.3, -0.25) is 4.79 Å². The third-order valence-electron chi connectivity index (χ3n) is 2.69. The molecule has 1 aliphatic carbocycles. The molecular weight excluding hydrogens is 224 g/mol. The highest BCUT2D eigenvalue weighted by Gasteiger charge is 2.17. The van der Waals surface area contributed by atoms with Crippen LogP contribution in [-0.2, 0) is 0 Å². The smallest absolute Gasteiger partial charge is 0.150 e. The Labute approximate surface area is 109 Å². The van der Waals surface area contributed by atoms with Crippen LogP contribution in [0.1, 0.15) is 49.5 Å². The maximum atomic E-state index is 10.9. The molecule has 1 aromatic carbocycles. The lowest BCUT2D eigenvalue weighted by Gasteiger charge is -2.21. The molecule has 0 saturated heterocycles. The number of allylic oxidation sites excluding steroid dienone is 1. The van der Waals surface area contributed by atoms with Gasteiger partial charge in [-0.2, -0.15) is 0 Å². The van der Waals surface area contributed by atoms with Crippen molar-refractivity contribution in [3.63, 3.8) is 0 Å². The molecule has 1 aliphatic rings. The van der Waals surface area contributed by atoms with Gasteiger partial charge in [0, 0.05) is 5.56 Å². The fourth-order valence-corrected chi connectivity index (χ4v) is 1.76. The molecule has 2 rings (SSSR count). The highest BCUT2D eigenvalue weighted by Crippen LogP contribution is 2.31.